The second kappa shape index (κ2) is 6.14. The molecule has 5 heteroatoms. The van der Waals surface area contributed by atoms with E-state index in [4.69, 9.17) is 5.73 Å². The molecule has 0 saturated heterocycles. The number of carbonyl (C=O) groups is 1. The Balaban J connectivity index is 2.28. The van der Waals surface area contributed by atoms with Crippen LogP contribution in [-0.2, 0) is 0 Å². The number of halogens is 1. The molecule has 1 aromatic carbocycles. The summed E-state index contributed by atoms with van der Waals surface area (Å²) in [5.74, 6) is 0.599. The molecule has 0 radical (unpaired) electrons. The summed E-state index contributed by atoms with van der Waals surface area (Å²) >= 11 is 4.91. The van der Waals surface area contributed by atoms with Crippen LogP contribution in [0.5, 0.6) is 0 Å². The Labute approximate surface area is 131 Å². The summed E-state index contributed by atoms with van der Waals surface area (Å²) in [5, 5.41) is 0.957. The summed E-state index contributed by atoms with van der Waals surface area (Å²) in [5.41, 5.74) is 6.73. The molecule has 2 aromatic rings. The first-order chi connectivity index (χ1) is 9.40. The fourth-order valence-electron chi connectivity index (χ4n) is 1.98. The topological polar surface area (TPSA) is 46.3 Å². The highest BCUT2D eigenvalue weighted by Crippen LogP contribution is 2.35. The van der Waals surface area contributed by atoms with Gasteiger partial charge in [-0.2, -0.15) is 0 Å². The number of nitrogen functional groups attached to an aromatic ring is 1. The predicted octanol–water partition coefficient (Wildman–Crippen LogP) is 4.36. The van der Waals surface area contributed by atoms with Gasteiger partial charge in [0, 0.05) is 28.2 Å². The highest BCUT2D eigenvalue weighted by Gasteiger charge is 2.19. The van der Waals surface area contributed by atoms with E-state index in [1.165, 1.54) is 11.3 Å². The molecule has 2 rings (SSSR count). The lowest BCUT2D eigenvalue weighted by Crippen LogP contribution is -2.28. The first kappa shape index (κ1) is 15.3. The Kier molecular flexibility index (Phi) is 4.70. The molecule has 0 aliphatic heterocycles. The van der Waals surface area contributed by atoms with Crippen LogP contribution in [0.15, 0.2) is 22.7 Å². The van der Waals surface area contributed by atoms with Crippen molar-refractivity contribution >= 4 is 48.9 Å². The quantitative estimate of drug-likeness (QED) is 0.886. The number of hydrogen-bond acceptors (Lipinski definition) is 3. The average molecular weight is 355 g/mol. The average Bonchev–Trinajstić information content (AvgIpc) is 2.71. The fraction of sp³-hybridized carbons (Fsp3) is 0.400. The second-order valence-electron chi connectivity index (χ2n) is 5.39. The van der Waals surface area contributed by atoms with Gasteiger partial charge in [-0.05, 0) is 24.5 Å². The fourth-order valence-corrected chi connectivity index (χ4v) is 3.65. The zero-order valence-corrected chi connectivity index (χ0v) is 14.3. The largest absolute Gasteiger partial charge is 0.397 e. The highest BCUT2D eigenvalue weighted by atomic mass is 79.9. The zero-order chi connectivity index (χ0) is 14.9. The van der Waals surface area contributed by atoms with E-state index in [-0.39, 0.29) is 5.91 Å². The summed E-state index contributed by atoms with van der Waals surface area (Å²) in [6, 6.07) is 5.90. The number of carbonyl (C=O) groups excluding carboxylic acids is 1. The molecule has 0 atom stereocenters. The number of fused-ring (bicyclic) bond motifs is 1. The van der Waals surface area contributed by atoms with E-state index in [0.29, 0.717) is 16.5 Å². The lowest BCUT2D eigenvalue weighted by molar-refractivity contribution is 0.0795. The van der Waals surface area contributed by atoms with E-state index in [1.54, 1.807) is 4.90 Å². The molecule has 1 heterocycles. The van der Waals surface area contributed by atoms with E-state index in [1.807, 2.05) is 25.2 Å². The molecule has 2 N–H and O–H groups in total. The van der Waals surface area contributed by atoms with Crippen LogP contribution in [0.4, 0.5) is 5.69 Å². The van der Waals surface area contributed by atoms with Gasteiger partial charge in [0.15, 0.2) is 0 Å². The van der Waals surface area contributed by atoms with Crippen molar-refractivity contribution in [3.8, 4) is 0 Å². The summed E-state index contributed by atoms with van der Waals surface area (Å²) in [7, 11) is 1.84. The smallest absolute Gasteiger partial charge is 0.265 e. The van der Waals surface area contributed by atoms with Gasteiger partial charge in [-0.15, -0.1) is 11.3 Å². The third-order valence-electron chi connectivity index (χ3n) is 3.27. The molecule has 0 saturated carbocycles. The van der Waals surface area contributed by atoms with Crippen molar-refractivity contribution in [1.29, 1.82) is 0 Å². The maximum Gasteiger partial charge on any atom is 0.265 e. The molecule has 20 heavy (non-hydrogen) atoms. The predicted molar refractivity (Wildman–Crippen MR) is 90.4 cm³/mol. The van der Waals surface area contributed by atoms with Crippen molar-refractivity contribution in [1.82, 2.24) is 4.90 Å². The molecule has 0 bridgehead atoms. The molecule has 0 unspecified atom stereocenters. The molecule has 0 fully saturated rings. The van der Waals surface area contributed by atoms with Gasteiger partial charge in [0.1, 0.15) is 4.88 Å². The number of nitrogens with two attached hydrogens (primary N) is 1. The minimum absolute atomic E-state index is 0.0143. The molecular weight excluding hydrogens is 336 g/mol. The number of rotatable bonds is 4. The SMILES string of the molecule is CC(C)CCN(C)C(=O)c1sc2cc(Br)ccc2c1N. The highest BCUT2D eigenvalue weighted by molar-refractivity contribution is 9.10. The Hall–Kier alpha value is -1.07. The maximum atomic E-state index is 12.5. The first-order valence-electron chi connectivity index (χ1n) is 6.63. The van der Waals surface area contributed by atoms with E-state index in [9.17, 15) is 4.79 Å². The normalized spacial score (nSPS) is 11.2. The van der Waals surface area contributed by atoms with Crippen LogP contribution in [0.3, 0.4) is 0 Å². The van der Waals surface area contributed by atoms with Crippen LogP contribution in [0.2, 0.25) is 0 Å². The van der Waals surface area contributed by atoms with E-state index < -0.39 is 0 Å². The van der Waals surface area contributed by atoms with Crippen molar-refractivity contribution in [3.05, 3.63) is 27.5 Å². The Morgan fingerprint density at radius 3 is 2.80 bits per heavy atom. The van der Waals surface area contributed by atoms with Crippen LogP contribution in [0.1, 0.15) is 29.9 Å². The Morgan fingerprint density at radius 1 is 1.45 bits per heavy atom. The van der Waals surface area contributed by atoms with Crippen LogP contribution >= 0.6 is 27.3 Å². The second-order valence-corrected chi connectivity index (χ2v) is 7.36. The summed E-state index contributed by atoms with van der Waals surface area (Å²) < 4.78 is 2.04. The van der Waals surface area contributed by atoms with Gasteiger partial charge in [0.2, 0.25) is 0 Å². The Morgan fingerprint density at radius 2 is 2.15 bits per heavy atom. The lowest BCUT2D eigenvalue weighted by Gasteiger charge is -2.17. The number of nitrogens with zero attached hydrogens (tertiary/aromatic N) is 1. The minimum Gasteiger partial charge on any atom is -0.397 e. The van der Waals surface area contributed by atoms with Gasteiger partial charge < -0.3 is 10.6 Å². The van der Waals surface area contributed by atoms with Crippen LogP contribution < -0.4 is 5.73 Å². The van der Waals surface area contributed by atoms with E-state index in [0.717, 1.165) is 27.5 Å². The standard InChI is InChI=1S/C15H19BrN2OS/c1-9(2)6-7-18(3)15(19)14-13(17)11-5-4-10(16)8-12(11)20-14/h4-5,8-9H,6-7,17H2,1-3H3. The monoisotopic (exact) mass is 354 g/mol. The summed E-state index contributed by atoms with van der Waals surface area (Å²) in [4.78, 5) is 14.9. The molecule has 108 valence electrons. The molecule has 1 amide bonds. The van der Waals surface area contributed by atoms with Crippen LogP contribution in [0, 0.1) is 5.92 Å². The third kappa shape index (κ3) is 3.15. The van der Waals surface area contributed by atoms with Crippen LogP contribution in [-0.4, -0.2) is 24.4 Å². The molecule has 0 aliphatic rings. The number of hydrogen-bond donors (Lipinski definition) is 1. The van der Waals surface area contributed by atoms with Crippen molar-refractivity contribution < 1.29 is 4.79 Å². The Bertz CT molecular complexity index is 636. The van der Waals surface area contributed by atoms with Gasteiger partial charge in [0.05, 0.1) is 5.69 Å². The molecular formula is C15H19BrN2OS. The van der Waals surface area contributed by atoms with Gasteiger partial charge in [-0.1, -0.05) is 35.8 Å². The van der Waals surface area contributed by atoms with Gasteiger partial charge >= 0.3 is 0 Å². The van der Waals surface area contributed by atoms with Crippen molar-refractivity contribution in [3.63, 3.8) is 0 Å². The van der Waals surface area contributed by atoms with Gasteiger partial charge in [-0.25, -0.2) is 0 Å². The number of anilines is 1. The number of amides is 1. The molecule has 1 aromatic heterocycles. The number of thiophene rings is 1. The van der Waals surface area contributed by atoms with Gasteiger partial charge in [-0.3, -0.25) is 4.79 Å². The number of benzene rings is 1. The minimum atomic E-state index is 0.0143. The van der Waals surface area contributed by atoms with Crippen LogP contribution in [0.25, 0.3) is 10.1 Å². The van der Waals surface area contributed by atoms with Gasteiger partial charge in [0.25, 0.3) is 5.91 Å². The van der Waals surface area contributed by atoms with Crippen molar-refractivity contribution in [2.45, 2.75) is 20.3 Å². The summed E-state index contributed by atoms with van der Waals surface area (Å²) in [6.07, 6.45) is 0.999. The first-order valence-corrected chi connectivity index (χ1v) is 8.24. The van der Waals surface area contributed by atoms with E-state index >= 15 is 0 Å². The maximum absolute atomic E-state index is 12.5. The lowest BCUT2D eigenvalue weighted by atomic mass is 10.1. The molecule has 0 spiro atoms. The third-order valence-corrected chi connectivity index (χ3v) is 4.92. The van der Waals surface area contributed by atoms with Crippen molar-refractivity contribution in [2.24, 2.45) is 5.92 Å². The van der Waals surface area contributed by atoms with Crippen molar-refractivity contribution in [2.75, 3.05) is 19.3 Å². The zero-order valence-electron chi connectivity index (χ0n) is 11.9. The van der Waals surface area contributed by atoms with E-state index in [2.05, 4.69) is 29.8 Å². The molecule has 0 aliphatic carbocycles. The molecule has 3 nitrogen and oxygen atoms in total. The summed E-state index contributed by atoms with van der Waals surface area (Å²) in [6.45, 7) is 5.07.